The van der Waals surface area contributed by atoms with Crippen molar-refractivity contribution >= 4 is 0 Å². The lowest BCUT2D eigenvalue weighted by atomic mass is 10.1. The Kier molecular flexibility index (Phi) is 6.16. The molecule has 1 atom stereocenters. The van der Waals surface area contributed by atoms with Crippen LogP contribution in [0.5, 0.6) is 0 Å². The predicted octanol–water partition coefficient (Wildman–Crippen LogP) is 2.78. The maximum Gasteiger partial charge on any atom is 0.123 e. The number of hydrogen-bond acceptors (Lipinski definition) is 2. The third kappa shape index (κ3) is 6.39. The molecule has 1 rings (SSSR count). The molecule has 0 heterocycles. The van der Waals surface area contributed by atoms with Gasteiger partial charge in [0.2, 0.25) is 0 Å². The second kappa shape index (κ2) is 7.41. The first-order valence-electron chi connectivity index (χ1n) is 6.26. The smallest absolute Gasteiger partial charge is 0.123 e. The van der Waals surface area contributed by atoms with Gasteiger partial charge in [0.15, 0.2) is 0 Å². The van der Waals surface area contributed by atoms with Crippen molar-refractivity contribution in [2.24, 2.45) is 5.73 Å². The van der Waals surface area contributed by atoms with Gasteiger partial charge in [-0.1, -0.05) is 18.6 Å². The van der Waals surface area contributed by atoms with E-state index in [0.717, 1.165) is 37.9 Å². The molecule has 17 heavy (non-hydrogen) atoms. The van der Waals surface area contributed by atoms with Crippen LogP contribution in [0, 0.1) is 5.82 Å². The van der Waals surface area contributed by atoms with E-state index in [4.69, 9.17) is 5.73 Å². The number of rotatable bonds is 7. The van der Waals surface area contributed by atoms with E-state index in [1.165, 1.54) is 6.07 Å². The predicted molar refractivity (Wildman–Crippen MR) is 70.2 cm³/mol. The molecule has 0 spiro atoms. The van der Waals surface area contributed by atoms with E-state index in [1.54, 1.807) is 12.1 Å². The summed E-state index contributed by atoms with van der Waals surface area (Å²) in [7, 11) is 2.07. The Labute approximate surface area is 104 Å². The van der Waals surface area contributed by atoms with Gasteiger partial charge in [-0.3, -0.25) is 0 Å². The van der Waals surface area contributed by atoms with E-state index >= 15 is 0 Å². The van der Waals surface area contributed by atoms with E-state index in [1.807, 2.05) is 13.0 Å². The second-order valence-corrected chi connectivity index (χ2v) is 4.84. The van der Waals surface area contributed by atoms with Gasteiger partial charge in [0.25, 0.3) is 0 Å². The summed E-state index contributed by atoms with van der Waals surface area (Å²) in [5.41, 5.74) is 6.72. The zero-order valence-electron chi connectivity index (χ0n) is 10.8. The van der Waals surface area contributed by atoms with Crippen LogP contribution in [0.1, 0.15) is 31.7 Å². The normalized spacial score (nSPS) is 13.0. The van der Waals surface area contributed by atoms with Crippen LogP contribution in [0.4, 0.5) is 4.39 Å². The molecule has 0 bridgehead atoms. The summed E-state index contributed by atoms with van der Waals surface area (Å²) in [4.78, 5) is 2.22. The Morgan fingerprint density at radius 3 is 2.76 bits per heavy atom. The van der Waals surface area contributed by atoms with E-state index < -0.39 is 0 Å². The van der Waals surface area contributed by atoms with E-state index in [2.05, 4.69) is 11.9 Å². The molecule has 0 aliphatic carbocycles. The molecule has 0 aliphatic rings. The highest BCUT2D eigenvalue weighted by molar-refractivity contribution is 5.15. The van der Waals surface area contributed by atoms with E-state index in [9.17, 15) is 4.39 Å². The summed E-state index contributed by atoms with van der Waals surface area (Å²) < 4.78 is 13.0. The van der Waals surface area contributed by atoms with Gasteiger partial charge in [0.1, 0.15) is 5.82 Å². The minimum absolute atomic E-state index is 0.159. The first-order valence-corrected chi connectivity index (χ1v) is 6.26. The van der Waals surface area contributed by atoms with Gasteiger partial charge in [-0.05, 0) is 51.1 Å². The van der Waals surface area contributed by atoms with Crippen LogP contribution in [0.15, 0.2) is 24.3 Å². The van der Waals surface area contributed by atoms with Gasteiger partial charge in [-0.25, -0.2) is 4.39 Å². The van der Waals surface area contributed by atoms with Gasteiger partial charge in [-0.15, -0.1) is 0 Å². The monoisotopic (exact) mass is 238 g/mol. The summed E-state index contributed by atoms with van der Waals surface area (Å²) in [5.74, 6) is -0.159. The van der Waals surface area contributed by atoms with Gasteiger partial charge in [-0.2, -0.15) is 0 Å². The van der Waals surface area contributed by atoms with Crippen LogP contribution in [0.3, 0.4) is 0 Å². The summed E-state index contributed by atoms with van der Waals surface area (Å²) in [6.45, 7) is 3.87. The number of nitrogens with zero attached hydrogens (tertiary/aromatic N) is 1. The number of unbranched alkanes of at least 4 members (excludes halogenated alkanes) is 1. The summed E-state index contributed by atoms with van der Waals surface area (Å²) in [6.07, 6.45) is 3.38. The molecule has 2 nitrogen and oxygen atoms in total. The van der Waals surface area contributed by atoms with E-state index in [-0.39, 0.29) is 5.82 Å². The van der Waals surface area contributed by atoms with Crippen LogP contribution < -0.4 is 5.73 Å². The third-order valence-electron chi connectivity index (χ3n) is 2.79. The third-order valence-corrected chi connectivity index (χ3v) is 2.79. The molecule has 96 valence electrons. The number of nitrogens with two attached hydrogens (primary N) is 1. The largest absolute Gasteiger partial charge is 0.328 e. The Balaban J connectivity index is 2.23. The quantitative estimate of drug-likeness (QED) is 0.740. The van der Waals surface area contributed by atoms with Gasteiger partial charge < -0.3 is 10.6 Å². The van der Waals surface area contributed by atoms with Crippen LogP contribution in [0.2, 0.25) is 0 Å². The van der Waals surface area contributed by atoms with Crippen molar-refractivity contribution < 1.29 is 4.39 Å². The fourth-order valence-corrected chi connectivity index (χ4v) is 1.87. The fourth-order valence-electron chi connectivity index (χ4n) is 1.87. The maximum absolute atomic E-state index is 13.0. The first-order chi connectivity index (χ1) is 8.08. The molecule has 0 aliphatic heterocycles. The second-order valence-electron chi connectivity index (χ2n) is 4.84. The topological polar surface area (TPSA) is 29.3 Å². The molecule has 0 amide bonds. The van der Waals surface area contributed by atoms with Crippen molar-refractivity contribution in [1.82, 2.24) is 4.90 Å². The van der Waals surface area contributed by atoms with Crippen LogP contribution in [-0.4, -0.2) is 24.5 Å². The first kappa shape index (κ1) is 14.1. The van der Waals surface area contributed by atoms with Crippen LogP contribution >= 0.6 is 0 Å². The minimum atomic E-state index is -0.159. The summed E-state index contributed by atoms with van der Waals surface area (Å²) >= 11 is 0. The molecule has 1 unspecified atom stereocenters. The molecule has 2 N–H and O–H groups in total. The SMILES string of the molecule is CC(N)CCCCN(C)Cc1cccc(F)c1. The zero-order chi connectivity index (χ0) is 12.7. The Morgan fingerprint density at radius 1 is 1.35 bits per heavy atom. The van der Waals surface area contributed by atoms with Crippen molar-refractivity contribution in [2.45, 2.75) is 38.8 Å². The molecule has 0 fully saturated rings. The molecular weight excluding hydrogens is 215 g/mol. The minimum Gasteiger partial charge on any atom is -0.328 e. The molecule has 0 saturated carbocycles. The Morgan fingerprint density at radius 2 is 2.12 bits per heavy atom. The standard InChI is InChI=1S/C14H23FN2/c1-12(16)6-3-4-9-17(2)11-13-7-5-8-14(15)10-13/h5,7-8,10,12H,3-4,6,9,11,16H2,1-2H3. The number of halogens is 1. The van der Waals surface area contributed by atoms with Crippen molar-refractivity contribution in [3.63, 3.8) is 0 Å². The van der Waals surface area contributed by atoms with Crippen LogP contribution in [-0.2, 0) is 6.54 Å². The van der Waals surface area contributed by atoms with Crippen LogP contribution in [0.25, 0.3) is 0 Å². The zero-order valence-corrected chi connectivity index (χ0v) is 10.8. The fraction of sp³-hybridized carbons (Fsp3) is 0.571. The lowest BCUT2D eigenvalue weighted by Gasteiger charge is -2.16. The summed E-state index contributed by atoms with van der Waals surface area (Å²) in [5, 5.41) is 0. The highest BCUT2D eigenvalue weighted by Gasteiger charge is 2.02. The molecule has 1 aromatic rings. The van der Waals surface area contributed by atoms with Gasteiger partial charge >= 0.3 is 0 Å². The lowest BCUT2D eigenvalue weighted by molar-refractivity contribution is 0.315. The Hall–Kier alpha value is -0.930. The highest BCUT2D eigenvalue weighted by atomic mass is 19.1. The van der Waals surface area contributed by atoms with Crippen molar-refractivity contribution in [1.29, 1.82) is 0 Å². The molecule has 1 aromatic carbocycles. The lowest BCUT2D eigenvalue weighted by Crippen LogP contribution is -2.20. The number of hydrogen-bond donors (Lipinski definition) is 1. The molecule has 0 saturated heterocycles. The molecule has 0 aromatic heterocycles. The van der Waals surface area contributed by atoms with E-state index in [0.29, 0.717) is 6.04 Å². The average molecular weight is 238 g/mol. The molecule has 0 radical (unpaired) electrons. The summed E-state index contributed by atoms with van der Waals surface area (Å²) in [6, 6.07) is 7.09. The number of benzene rings is 1. The highest BCUT2D eigenvalue weighted by Crippen LogP contribution is 2.07. The van der Waals surface area contributed by atoms with Crippen molar-refractivity contribution in [2.75, 3.05) is 13.6 Å². The Bertz CT molecular complexity index is 326. The van der Waals surface area contributed by atoms with Gasteiger partial charge in [0.05, 0.1) is 0 Å². The van der Waals surface area contributed by atoms with Crippen molar-refractivity contribution in [3.8, 4) is 0 Å². The molecular formula is C14H23FN2. The average Bonchev–Trinajstić information content (AvgIpc) is 2.24. The van der Waals surface area contributed by atoms with Gasteiger partial charge in [0, 0.05) is 12.6 Å². The van der Waals surface area contributed by atoms with Crippen molar-refractivity contribution in [3.05, 3.63) is 35.6 Å². The molecule has 3 heteroatoms. The maximum atomic E-state index is 13.0.